The van der Waals surface area contributed by atoms with Crippen molar-refractivity contribution in [1.82, 2.24) is 15.3 Å². The Hall–Kier alpha value is -4.97. The van der Waals surface area contributed by atoms with Crippen LogP contribution in [0.1, 0.15) is 32.9 Å². The van der Waals surface area contributed by atoms with E-state index in [9.17, 15) is 19.7 Å². The number of fused-ring (bicyclic) bond motifs is 1. The van der Waals surface area contributed by atoms with Gasteiger partial charge in [0.25, 0.3) is 17.2 Å². The summed E-state index contributed by atoms with van der Waals surface area (Å²) < 4.78 is 0. The third-order valence-electron chi connectivity index (χ3n) is 5.99. The number of rotatable bonds is 8. The minimum Gasteiger partial charge on any atom is -0.356 e. The number of non-ortho nitro benzene ring substituents is 1. The van der Waals surface area contributed by atoms with Crippen LogP contribution in [0.2, 0.25) is 0 Å². The molecule has 0 atom stereocenters. The lowest BCUT2D eigenvalue weighted by molar-refractivity contribution is -0.384. The van der Waals surface area contributed by atoms with Gasteiger partial charge >= 0.3 is 0 Å². The molecule has 0 spiro atoms. The fourth-order valence-corrected chi connectivity index (χ4v) is 4.06. The zero-order valence-electron chi connectivity index (χ0n) is 20.4. The van der Waals surface area contributed by atoms with Gasteiger partial charge in [-0.1, -0.05) is 18.1 Å². The van der Waals surface area contributed by atoms with E-state index in [4.69, 9.17) is 6.42 Å². The molecule has 4 rings (SSSR count). The zero-order valence-corrected chi connectivity index (χ0v) is 20.4. The summed E-state index contributed by atoms with van der Waals surface area (Å²) in [6.07, 6.45) is 5.63. The van der Waals surface area contributed by atoms with Gasteiger partial charge in [-0.15, -0.1) is 6.42 Å². The molecule has 0 saturated carbocycles. The molecule has 9 heteroatoms. The normalized spacial score (nSPS) is 10.6. The predicted octanol–water partition coefficient (Wildman–Crippen LogP) is 4.02. The van der Waals surface area contributed by atoms with Gasteiger partial charge in [-0.3, -0.25) is 19.7 Å². The van der Waals surface area contributed by atoms with Gasteiger partial charge in [0.2, 0.25) is 0 Å². The molecule has 0 radical (unpaired) electrons. The molecule has 0 bridgehead atoms. The maximum absolute atomic E-state index is 12.6. The van der Waals surface area contributed by atoms with Crippen LogP contribution in [0, 0.1) is 36.3 Å². The number of nitro groups is 1. The Morgan fingerprint density at radius 3 is 2.62 bits per heavy atom. The van der Waals surface area contributed by atoms with Crippen LogP contribution in [0.5, 0.6) is 0 Å². The van der Waals surface area contributed by atoms with E-state index in [1.54, 1.807) is 31.2 Å². The molecule has 1 amide bonds. The van der Waals surface area contributed by atoms with Crippen molar-refractivity contribution in [2.45, 2.75) is 26.9 Å². The van der Waals surface area contributed by atoms with Crippen LogP contribution in [0.3, 0.4) is 0 Å². The molecule has 0 saturated heterocycles. The fourth-order valence-electron chi connectivity index (χ4n) is 4.06. The Balaban J connectivity index is 1.49. The number of aryl methyl sites for hydroxylation is 2. The van der Waals surface area contributed by atoms with Crippen molar-refractivity contribution in [3.05, 3.63) is 109 Å². The molecule has 4 aromatic rings. The van der Waals surface area contributed by atoms with E-state index in [1.165, 1.54) is 12.1 Å². The second-order valence-corrected chi connectivity index (χ2v) is 8.66. The van der Waals surface area contributed by atoms with E-state index in [2.05, 4.69) is 21.2 Å². The Bertz CT molecular complexity index is 1590. The van der Waals surface area contributed by atoms with Gasteiger partial charge in [0, 0.05) is 36.5 Å². The highest BCUT2D eigenvalue weighted by Gasteiger charge is 2.13. The lowest BCUT2D eigenvalue weighted by atomic mass is 10.0. The number of nitro benzene ring substituents is 1. The summed E-state index contributed by atoms with van der Waals surface area (Å²) in [5, 5.41) is 14.2. The summed E-state index contributed by atoms with van der Waals surface area (Å²) in [4.78, 5) is 44.7. The summed E-state index contributed by atoms with van der Waals surface area (Å²) in [5.41, 5.74) is 4.27. The number of carbonyl (C=O) groups is 1. The van der Waals surface area contributed by atoms with E-state index >= 15 is 0 Å². The smallest absolute Gasteiger partial charge is 0.269 e. The number of terminal acetylenes is 1. The first-order chi connectivity index (χ1) is 17.7. The van der Waals surface area contributed by atoms with Crippen LogP contribution in [0.4, 0.5) is 11.4 Å². The Morgan fingerprint density at radius 2 is 1.92 bits per heavy atom. The molecule has 1 heterocycles. The van der Waals surface area contributed by atoms with Crippen molar-refractivity contribution in [1.29, 1.82) is 0 Å². The average molecular weight is 496 g/mol. The van der Waals surface area contributed by atoms with Crippen LogP contribution >= 0.6 is 0 Å². The fraction of sp³-hybridized carbons (Fsp3) is 0.179. The third kappa shape index (κ3) is 5.82. The van der Waals surface area contributed by atoms with Gasteiger partial charge in [0.1, 0.15) is 5.82 Å². The minimum absolute atomic E-state index is 0.0256. The monoisotopic (exact) mass is 495 g/mol. The molecule has 0 aliphatic heterocycles. The number of H-pyrrole nitrogens is 1. The van der Waals surface area contributed by atoms with Crippen LogP contribution in [-0.2, 0) is 13.1 Å². The standard InChI is InChI=1S/C28H25N5O4/c1-4-12-32(17-22-15-25-26(13-18(22)2)30-19(3)31-28(25)35)23-10-8-21(9-11-23)27(34)29-16-20-6-5-7-24(14-20)33(36)37/h1,5-11,13-15H,12,16-17H2,2-3H3,(H,29,34)(H,30,31,35). The summed E-state index contributed by atoms with van der Waals surface area (Å²) in [7, 11) is 0. The van der Waals surface area contributed by atoms with Crippen molar-refractivity contribution in [3.63, 3.8) is 0 Å². The van der Waals surface area contributed by atoms with E-state index in [1.807, 2.05) is 36.1 Å². The van der Waals surface area contributed by atoms with Crippen molar-refractivity contribution in [2.24, 2.45) is 0 Å². The molecule has 9 nitrogen and oxygen atoms in total. The van der Waals surface area contributed by atoms with Crippen molar-refractivity contribution in [3.8, 4) is 12.3 Å². The first-order valence-electron chi connectivity index (χ1n) is 11.6. The number of carbonyl (C=O) groups excluding carboxylic acids is 1. The Kier molecular flexibility index (Phi) is 7.30. The van der Waals surface area contributed by atoms with Gasteiger partial charge in [-0.25, -0.2) is 4.98 Å². The largest absolute Gasteiger partial charge is 0.356 e. The van der Waals surface area contributed by atoms with Crippen molar-refractivity contribution in [2.75, 3.05) is 11.4 Å². The van der Waals surface area contributed by atoms with Gasteiger partial charge < -0.3 is 15.2 Å². The van der Waals surface area contributed by atoms with E-state index < -0.39 is 4.92 Å². The van der Waals surface area contributed by atoms with Crippen LogP contribution in [-0.4, -0.2) is 27.3 Å². The maximum Gasteiger partial charge on any atom is 0.269 e. The molecule has 3 aromatic carbocycles. The van der Waals surface area contributed by atoms with Crippen LogP contribution in [0.25, 0.3) is 10.9 Å². The number of aromatic amines is 1. The topological polar surface area (TPSA) is 121 Å². The molecule has 0 unspecified atom stereocenters. The molecule has 2 N–H and O–H groups in total. The third-order valence-corrected chi connectivity index (χ3v) is 5.99. The molecule has 0 aliphatic carbocycles. The lowest BCUT2D eigenvalue weighted by Gasteiger charge is -2.24. The summed E-state index contributed by atoms with van der Waals surface area (Å²) >= 11 is 0. The second-order valence-electron chi connectivity index (χ2n) is 8.66. The molecule has 186 valence electrons. The second kappa shape index (κ2) is 10.7. The summed E-state index contributed by atoms with van der Waals surface area (Å²) in [6, 6.07) is 16.9. The number of benzene rings is 3. The van der Waals surface area contributed by atoms with Crippen LogP contribution < -0.4 is 15.8 Å². The van der Waals surface area contributed by atoms with E-state index in [0.717, 1.165) is 16.8 Å². The maximum atomic E-state index is 12.6. The van der Waals surface area contributed by atoms with Gasteiger partial charge in [-0.2, -0.15) is 0 Å². The quantitative estimate of drug-likeness (QED) is 0.216. The van der Waals surface area contributed by atoms with Gasteiger partial charge in [-0.05, 0) is 66.9 Å². The Labute approximate surface area is 213 Å². The van der Waals surface area contributed by atoms with Gasteiger partial charge in [0.15, 0.2) is 0 Å². The van der Waals surface area contributed by atoms with Gasteiger partial charge in [0.05, 0.1) is 22.4 Å². The molecular formula is C28H25N5O4. The molecule has 1 aromatic heterocycles. The number of hydrogen-bond acceptors (Lipinski definition) is 6. The average Bonchev–Trinajstić information content (AvgIpc) is 2.88. The molecule has 0 fully saturated rings. The van der Waals surface area contributed by atoms with Crippen LogP contribution in [0.15, 0.2) is 65.5 Å². The number of nitrogens with zero attached hydrogens (tertiary/aromatic N) is 3. The SMILES string of the molecule is C#CCN(Cc1cc2c(=O)[nH]c(C)nc2cc1C)c1ccc(C(=O)NCc2cccc([N+](=O)[O-])c2)cc1. The lowest BCUT2D eigenvalue weighted by Crippen LogP contribution is -2.25. The molecular weight excluding hydrogens is 470 g/mol. The number of anilines is 1. The summed E-state index contributed by atoms with van der Waals surface area (Å²) in [5.74, 6) is 2.93. The summed E-state index contributed by atoms with van der Waals surface area (Å²) in [6.45, 7) is 4.68. The van der Waals surface area contributed by atoms with E-state index in [0.29, 0.717) is 40.9 Å². The minimum atomic E-state index is -0.471. The highest BCUT2D eigenvalue weighted by molar-refractivity contribution is 5.94. The molecule has 37 heavy (non-hydrogen) atoms. The highest BCUT2D eigenvalue weighted by atomic mass is 16.6. The molecule has 0 aliphatic rings. The first-order valence-corrected chi connectivity index (χ1v) is 11.6. The van der Waals surface area contributed by atoms with Crippen molar-refractivity contribution < 1.29 is 9.72 Å². The van der Waals surface area contributed by atoms with E-state index in [-0.39, 0.29) is 23.7 Å². The number of hydrogen-bond donors (Lipinski definition) is 2. The number of nitrogens with one attached hydrogen (secondary N) is 2. The number of aromatic nitrogens is 2. The number of amides is 1. The predicted molar refractivity (Wildman–Crippen MR) is 142 cm³/mol. The Morgan fingerprint density at radius 1 is 1.16 bits per heavy atom. The van der Waals surface area contributed by atoms with Crippen molar-refractivity contribution >= 4 is 28.2 Å². The highest BCUT2D eigenvalue weighted by Crippen LogP contribution is 2.22. The first kappa shape index (κ1) is 25.1. The zero-order chi connectivity index (χ0) is 26.5.